The van der Waals surface area contributed by atoms with E-state index in [1.807, 2.05) is 37.3 Å². The first-order valence-electron chi connectivity index (χ1n) is 4.64. The van der Waals surface area contributed by atoms with Gasteiger partial charge >= 0.3 is 0 Å². The van der Waals surface area contributed by atoms with Crippen LogP contribution < -0.4 is 0 Å². The number of rotatable bonds is 2. The van der Waals surface area contributed by atoms with Crippen LogP contribution in [0.2, 0.25) is 0 Å². The first-order chi connectivity index (χ1) is 7.58. The van der Waals surface area contributed by atoms with E-state index < -0.39 is 0 Å². The molecule has 1 nitrogen and oxygen atoms in total. The maximum absolute atomic E-state index is 12.1. The molecule has 0 fully saturated rings. The van der Waals surface area contributed by atoms with Crippen LogP contribution in [-0.2, 0) is 0 Å². The van der Waals surface area contributed by atoms with Crippen molar-refractivity contribution in [3.8, 4) is 0 Å². The molecule has 0 bridgehead atoms. The lowest BCUT2D eigenvalue weighted by Gasteiger charge is -2.01. The van der Waals surface area contributed by atoms with Crippen LogP contribution in [0, 0.1) is 6.92 Å². The van der Waals surface area contributed by atoms with Crippen molar-refractivity contribution in [3.63, 3.8) is 0 Å². The van der Waals surface area contributed by atoms with Gasteiger partial charge in [0.05, 0.1) is 8.66 Å². The molecule has 2 rings (SSSR count). The highest BCUT2D eigenvalue weighted by Crippen LogP contribution is 2.25. The molecule has 0 aliphatic carbocycles. The van der Waals surface area contributed by atoms with Crippen LogP contribution in [0.5, 0.6) is 0 Å². The molecule has 4 heteroatoms. The molecular weight excluding hydrogens is 352 g/mol. The molecule has 0 saturated heterocycles. The lowest BCUT2D eigenvalue weighted by molar-refractivity contribution is 0.104. The fourth-order valence-corrected chi connectivity index (χ4v) is 2.96. The molecule has 0 N–H and O–H groups in total. The summed E-state index contributed by atoms with van der Waals surface area (Å²) >= 11 is 8.24. The number of hydrogen-bond donors (Lipinski definition) is 0. The summed E-state index contributed by atoms with van der Waals surface area (Å²) in [5.74, 6) is 0.0753. The quantitative estimate of drug-likeness (QED) is 0.703. The fraction of sp³-hybridized carbons (Fsp3) is 0.0833. The standard InChI is InChI=1S/C12H8Br2OS/c1-7-6-8(2-3-9(7)13)12(15)10-4-5-11(14)16-10/h2-6H,1H3. The van der Waals surface area contributed by atoms with Crippen molar-refractivity contribution >= 4 is 49.0 Å². The summed E-state index contributed by atoms with van der Waals surface area (Å²) < 4.78 is 2.00. The topological polar surface area (TPSA) is 17.1 Å². The van der Waals surface area contributed by atoms with Crippen molar-refractivity contribution < 1.29 is 4.79 Å². The van der Waals surface area contributed by atoms with Crippen molar-refractivity contribution in [2.75, 3.05) is 0 Å². The van der Waals surface area contributed by atoms with E-state index in [9.17, 15) is 4.79 Å². The number of ketones is 1. The molecule has 0 radical (unpaired) electrons. The van der Waals surface area contributed by atoms with Gasteiger partial charge in [-0.3, -0.25) is 4.79 Å². The van der Waals surface area contributed by atoms with Gasteiger partial charge in [0, 0.05) is 10.0 Å². The Labute approximate surface area is 115 Å². The summed E-state index contributed by atoms with van der Waals surface area (Å²) in [5.41, 5.74) is 1.80. The Morgan fingerprint density at radius 3 is 2.50 bits per heavy atom. The fourth-order valence-electron chi connectivity index (χ4n) is 1.36. The minimum Gasteiger partial charge on any atom is -0.288 e. The Balaban J connectivity index is 2.38. The van der Waals surface area contributed by atoms with Gasteiger partial charge < -0.3 is 0 Å². The second kappa shape index (κ2) is 4.82. The molecule has 1 heterocycles. The first-order valence-corrected chi connectivity index (χ1v) is 7.04. The van der Waals surface area contributed by atoms with Crippen molar-refractivity contribution in [2.45, 2.75) is 6.92 Å². The van der Waals surface area contributed by atoms with Crippen LogP contribution in [0.15, 0.2) is 38.6 Å². The Kier molecular flexibility index (Phi) is 3.62. The minimum absolute atomic E-state index is 0.0753. The number of halogens is 2. The number of thiophene rings is 1. The van der Waals surface area contributed by atoms with Crippen LogP contribution in [0.25, 0.3) is 0 Å². The van der Waals surface area contributed by atoms with E-state index in [-0.39, 0.29) is 5.78 Å². The molecule has 0 saturated carbocycles. The first kappa shape index (κ1) is 12.0. The number of aryl methyl sites for hydroxylation is 1. The van der Waals surface area contributed by atoms with Gasteiger partial charge in [0.25, 0.3) is 0 Å². The lowest BCUT2D eigenvalue weighted by atomic mass is 10.1. The number of benzene rings is 1. The number of carbonyl (C=O) groups is 1. The van der Waals surface area contributed by atoms with Crippen LogP contribution >= 0.6 is 43.2 Å². The molecule has 0 unspecified atom stereocenters. The maximum Gasteiger partial charge on any atom is 0.202 e. The van der Waals surface area contributed by atoms with Crippen LogP contribution in [0.3, 0.4) is 0 Å². The lowest BCUT2D eigenvalue weighted by Crippen LogP contribution is -1.98. The smallest absolute Gasteiger partial charge is 0.202 e. The summed E-state index contributed by atoms with van der Waals surface area (Å²) in [4.78, 5) is 12.9. The monoisotopic (exact) mass is 358 g/mol. The normalized spacial score (nSPS) is 10.4. The molecule has 1 aromatic carbocycles. The summed E-state index contributed by atoms with van der Waals surface area (Å²) in [6.45, 7) is 1.98. The predicted molar refractivity (Wildman–Crippen MR) is 74.3 cm³/mol. The molecule has 0 aliphatic rings. The largest absolute Gasteiger partial charge is 0.288 e. The van der Waals surface area contributed by atoms with E-state index in [2.05, 4.69) is 31.9 Å². The maximum atomic E-state index is 12.1. The third kappa shape index (κ3) is 2.44. The zero-order chi connectivity index (χ0) is 11.7. The zero-order valence-electron chi connectivity index (χ0n) is 8.46. The Bertz CT molecular complexity index is 546. The van der Waals surface area contributed by atoms with E-state index >= 15 is 0 Å². The third-order valence-electron chi connectivity index (χ3n) is 2.22. The van der Waals surface area contributed by atoms with E-state index in [0.29, 0.717) is 0 Å². The van der Waals surface area contributed by atoms with Gasteiger partial charge in [-0.2, -0.15) is 0 Å². The minimum atomic E-state index is 0.0753. The van der Waals surface area contributed by atoms with Gasteiger partial charge in [-0.05, 0) is 58.7 Å². The third-order valence-corrected chi connectivity index (χ3v) is 4.73. The molecule has 0 aliphatic heterocycles. The highest BCUT2D eigenvalue weighted by Gasteiger charge is 2.11. The van der Waals surface area contributed by atoms with Crippen molar-refractivity contribution in [1.82, 2.24) is 0 Å². The summed E-state index contributed by atoms with van der Waals surface area (Å²) in [7, 11) is 0. The van der Waals surface area contributed by atoms with Gasteiger partial charge in [0.15, 0.2) is 0 Å². The average molecular weight is 360 g/mol. The van der Waals surface area contributed by atoms with Crippen molar-refractivity contribution in [3.05, 3.63) is 54.6 Å². The zero-order valence-corrected chi connectivity index (χ0v) is 12.4. The van der Waals surface area contributed by atoms with Crippen molar-refractivity contribution in [2.24, 2.45) is 0 Å². The molecule has 82 valence electrons. The number of hydrogen-bond acceptors (Lipinski definition) is 2. The Morgan fingerprint density at radius 2 is 1.94 bits per heavy atom. The van der Waals surface area contributed by atoms with E-state index in [1.54, 1.807) is 0 Å². The Hall–Kier alpha value is -0.450. The summed E-state index contributed by atoms with van der Waals surface area (Å²) in [6.07, 6.45) is 0. The van der Waals surface area contributed by atoms with Gasteiger partial charge in [-0.15, -0.1) is 11.3 Å². The van der Waals surface area contributed by atoms with E-state index in [0.717, 1.165) is 24.3 Å². The van der Waals surface area contributed by atoms with Gasteiger partial charge in [0.2, 0.25) is 5.78 Å². The van der Waals surface area contributed by atoms with E-state index in [4.69, 9.17) is 0 Å². The van der Waals surface area contributed by atoms with Crippen molar-refractivity contribution in [1.29, 1.82) is 0 Å². The van der Waals surface area contributed by atoms with Gasteiger partial charge in [0.1, 0.15) is 0 Å². The predicted octanol–water partition coefficient (Wildman–Crippen LogP) is 4.81. The second-order valence-corrected chi connectivity index (χ2v) is 6.71. The van der Waals surface area contributed by atoms with Crippen LogP contribution in [0.4, 0.5) is 0 Å². The highest BCUT2D eigenvalue weighted by atomic mass is 79.9. The Morgan fingerprint density at radius 1 is 1.19 bits per heavy atom. The average Bonchev–Trinajstić information content (AvgIpc) is 2.68. The number of carbonyl (C=O) groups excluding carboxylic acids is 1. The highest BCUT2D eigenvalue weighted by molar-refractivity contribution is 9.11. The molecule has 0 spiro atoms. The summed E-state index contributed by atoms with van der Waals surface area (Å²) in [5, 5.41) is 0. The molecule has 0 atom stereocenters. The van der Waals surface area contributed by atoms with Crippen LogP contribution in [0.1, 0.15) is 20.8 Å². The van der Waals surface area contributed by atoms with E-state index in [1.165, 1.54) is 11.3 Å². The van der Waals surface area contributed by atoms with Gasteiger partial charge in [-0.1, -0.05) is 15.9 Å². The second-order valence-electron chi connectivity index (χ2n) is 3.40. The van der Waals surface area contributed by atoms with Crippen LogP contribution in [-0.4, -0.2) is 5.78 Å². The molecular formula is C12H8Br2OS. The SMILES string of the molecule is Cc1cc(C(=O)c2ccc(Br)s2)ccc1Br. The molecule has 0 amide bonds. The molecule has 1 aromatic heterocycles. The van der Waals surface area contributed by atoms with Gasteiger partial charge in [-0.25, -0.2) is 0 Å². The molecule has 2 aromatic rings. The molecule has 16 heavy (non-hydrogen) atoms. The summed E-state index contributed by atoms with van der Waals surface area (Å²) in [6, 6.07) is 9.39.